The number of hydrogen-bond acceptors (Lipinski definition) is 14. The molecule has 428 valence electrons. The van der Waals surface area contributed by atoms with Gasteiger partial charge in [-0.2, -0.15) is 0 Å². The normalized spacial score (nSPS) is 22.9. The number of fused-ring (bicyclic) bond motifs is 4. The third kappa shape index (κ3) is 15.6. The molecular weight excluding hydrogens is 1000 g/mol. The number of rotatable bonds is 22. The van der Waals surface area contributed by atoms with Gasteiger partial charge in [0.05, 0.1) is 47.8 Å². The Labute approximate surface area is 459 Å². The average Bonchev–Trinajstić information content (AvgIpc) is 3.65. The van der Waals surface area contributed by atoms with Crippen LogP contribution in [0.25, 0.3) is 0 Å². The second-order valence-corrected chi connectivity index (χ2v) is 20.9. The molecule has 0 radical (unpaired) electrons. The van der Waals surface area contributed by atoms with Crippen molar-refractivity contribution in [1.82, 2.24) is 9.80 Å². The molecule has 8 rings (SSSR count). The van der Waals surface area contributed by atoms with Gasteiger partial charge in [-0.15, -0.1) is 0 Å². The van der Waals surface area contributed by atoms with E-state index in [1.165, 1.54) is 22.0 Å². The number of carbonyl (C=O) groups excluding carboxylic acids is 5. The van der Waals surface area contributed by atoms with Crippen molar-refractivity contribution >= 4 is 47.1 Å². The van der Waals surface area contributed by atoms with E-state index in [4.69, 9.17) is 43.0 Å². The van der Waals surface area contributed by atoms with Gasteiger partial charge in [0, 0.05) is 51.3 Å². The molecule has 4 saturated heterocycles. The van der Waals surface area contributed by atoms with Crippen molar-refractivity contribution in [2.75, 3.05) is 62.5 Å². The number of ketones is 1. The van der Waals surface area contributed by atoms with E-state index in [1.54, 1.807) is 25.1 Å². The van der Waals surface area contributed by atoms with E-state index in [2.05, 4.69) is 13.2 Å². The lowest BCUT2D eigenvalue weighted by atomic mass is 10.00. The van der Waals surface area contributed by atoms with Gasteiger partial charge in [0.25, 0.3) is 11.8 Å². The van der Waals surface area contributed by atoms with Gasteiger partial charge < -0.3 is 57.6 Å². The van der Waals surface area contributed by atoms with Gasteiger partial charge in [0.1, 0.15) is 30.5 Å². The van der Waals surface area contributed by atoms with Crippen LogP contribution in [0.4, 0.5) is 21.0 Å². The van der Waals surface area contributed by atoms with Crippen LogP contribution in [0.2, 0.25) is 0 Å². The van der Waals surface area contributed by atoms with Crippen molar-refractivity contribution in [2.24, 2.45) is 0 Å². The van der Waals surface area contributed by atoms with Gasteiger partial charge in [0.2, 0.25) is 0 Å². The summed E-state index contributed by atoms with van der Waals surface area (Å²) in [7, 11) is 0. The molecule has 0 aromatic heterocycles. The Bertz CT molecular complexity index is 2240. The number of ether oxygens (including phenoxy) is 8. The number of benzene rings is 2. The topological polar surface area (TPSA) is 209 Å². The first-order valence-electron chi connectivity index (χ1n) is 28.4. The van der Waals surface area contributed by atoms with Crippen molar-refractivity contribution in [2.45, 2.75) is 186 Å². The molecule has 0 aliphatic carbocycles. The van der Waals surface area contributed by atoms with Crippen LogP contribution in [0.3, 0.4) is 0 Å². The minimum atomic E-state index is -0.808. The second kappa shape index (κ2) is 29.8. The molecule has 1 N–H and O–H groups in total. The third-order valence-corrected chi connectivity index (χ3v) is 15.0. The van der Waals surface area contributed by atoms with E-state index in [0.717, 1.165) is 94.6 Å². The Morgan fingerprint density at radius 1 is 0.603 bits per heavy atom. The fraction of sp³-hybridized carbons (Fsp3) is 0.627. The highest BCUT2D eigenvalue weighted by molar-refractivity contribution is 6.06. The number of carbonyl (C=O) groups is 6. The van der Waals surface area contributed by atoms with Crippen LogP contribution in [-0.2, 0) is 38.0 Å². The number of carboxylic acids is 1. The number of unbranched alkanes of at least 4 members (excludes halogenated alkanes) is 4. The first kappa shape index (κ1) is 59.6. The molecule has 6 aliphatic heterocycles. The van der Waals surface area contributed by atoms with Crippen LogP contribution in [0.1, 0.15) is 167 Å². The standard InChI is InChI=1S/C30H42N2O7.C29H40N2O8/c1-4-16-38-30(35)32-25-20-26(36-17-10-5-6-12-22(3)33)21(2)19-23(25)28(34)31-15-9-7-13-24(31)29(32)39-27-14-8-11-18-37-27;1-3-15-38-29(35)31-23-19-24(36-16-9-4-5-12-25(32)33)20(2)18-21(23)27(34)30-14-8-6-11-22(30)28(31)39-26-13-7-10-17-37-26/h4,19-20,24,27,29H,1,5-18H2,2-3H3;3,18-19,22,26,28H,1,4-17H2,2H3,(H,32,33)/t24-,27?,29-;22-,26?,28-/m00/s1. The summed E-state index contributed by atoms with van der Waals surface area (Å²) in [5.74, 6) is 0.270. The maximum atomic E-state index is 13.9. The van der Waals surface area contributed by atoms with Crippen molar-refractivity contribution in [3.63, 3.8) is 0 Å². The number of amides is 4. The number of carboxylic acid groups (broad SMARTS) is 1. The van der Waals surface area contributed by atoms with Gasteiger partial charge in [0.15, 0.2) is 25.0 Å². The lowest BCUT2D eigenvalue weighted by Crippen LogP contribution is -2.57. The van der Waals surface area contributed by atoms with E-state index in [0.29, 0.717) is 112 Å². The molecule has 2 aromatic rings. The van der Waals surface area contributed by atoms with E-state index >= 15 is 0 Å². The van der Waals surface area contributed by atoms with Gasteiger partial charge in [-0.1, -0.05) is 25.3 Å². The molecule has 6 atom stereocenters. The summed E-state index contributed by atoms with van der Waals surface area (Å²) in [4.78, 5) is 83.6. The summed E-state index contributed by atoms with van der Waals surface area (Å²) < 4.78 is 48.1. The largest absolute Gasteiger partial charge is 0.493 e. The van der Waals surface area contributed by atoms with Crippen LogP contribution in [-0.4, -0.2) is 141 Å². The SMILES string of the molecule is C=CCOC(=O)N1c2cc(OCCCCCC(=O)O)c(C)cc2C(=O)N2CCCC[C@H]2[C@@H]1OC1CCCCO1.C=CCOC(=O)N1c2cc(OCCCCCC(C)=O)c(C)cc2C(=O)N2CCCC[C@H]2[C@@H]1OC1CCCCO1. The quantitative estimate of drug-likeness (QED) is 0.0859. The average molecular weight is 1090 g/mol. The molecule has 4 amide bonds. The van der Waals surface area contributed by atoms with Crippen LogP contribution < -0.4 is 19.3 Å². The van der Waals surface area contributed by atoms with Crippen molar-refractivity contribution in [3.8, 4) is 11.5 Å². The summed E-state index contributed by atoms with van der Waals surface area (Å²) in [6.45, 7) is 16.0. The zero-order valence-electron chi connectivity index (χ0n) is 46.1. The molecule has 6 heterocycles. The van der Waals surface area contributed by atoms with Crippen LogP contribution >= 0.6 is 0 Å². The monoisotopic (exact) mass is 1090 g/mol. The fourth-order valence-corrected chi connectivity index (χ4v) is 11.0. The molecule has 78 heavy (non-hydrogen) atoms. The molecular formula is C59H82N4O15. The molecule has 2 unspecified atom stereocenters. The van der Waals surface area contributed by atoms with E-state index in [1.807, 2.05) is 29.7 Å². The van der Waals surface area contributed by atoms with Crippen molar-refractivity contribution in [1.29, 1.82) is 0 Å². The predicted molar refractivity (Wildman–Crippen MR) is 291 cm³/mol. The van der Waals surface area contributed by atoms with Crippen LogP contribution in [0.5, 0.6) is 11.5 Å². The number of piperidine rings is 2. The Kier molecular flexibility index (Phi) is 22.8. The first-order valence-corrected chi connectivity index (χ1v) is 28.4. The fourth-order valence-electron chi connectivity index (χ4n) is 11.0. The minimum Gasteiger partial charge on any atom is -0.493 e. The Balaban J connectivity index is 0.000000226. The summed E-state index contributed by atoms with van der Waals surface area (Å²) in [6.07, 6.45) is 14.9. The first-order chi connectivity index (χ1) is 37.8. The van der Waals surface area contributed by atoms with Crippen LogP contribution in [0, 0.1) is 13.8 Å². The smallest absolute Gasteiger partial charge is 0.416 e. The summed E-state index contributed by atoms with van der Waals surface area (Å²) in [5.41, 5.74) is 3.22. The molecule has 0 spiro atoms. The number of anilines is 2. The maximum Gasteiger partial charge on any atom is 0.416 e. The van der Waals surface area contributed by atoms with Crippen molar-refractivity contribution < 1.29 is 71.8 Å². The highest BCUT2D eigenvalue weighted by Crippen LogP contribution is 2.42. The summed E-state index contributed by atoms with van der Waals surface area (Å²) in [5, 5.41) is 8.84. The number of nitrogens with zero attached hydrogens (tertiary/aromatic N) is 4. The lowest BCUT2D eigenvalue weighted by Gasteiger charge is -2.42. The van der Waals surface area contributed by atoms with E-state index in [9.17, 15) is 28.8 Å². The highest BCUT2D eigenvalue weighted by Gasteiger charge is 2.48. The molecule has 2 aromatic carbocycles. The number of hydrogen-bond donors (Lipinski definition) is 1. The van der Waals surface area contributed by atoms with Gasteiger partial charge in [-0.25, -0.2) is 19.4 Å². The zero-order chi connectivity index (χ0) is 55.6. The van der Waals surface area contributed by atoms with Gasteiger partial charge in [-0.3, -0.25) is 14.4 Å². The highest BCUT2D eigenvalue weighted by atomic mass is 16.7. The predicted octanol–water partition coefficient (Wildman–Crippen LogP) is 10.6. The maximum absolute atomic E-state index is 13.9. The van der Waals surface area contributed by atoms with Crippen LogP contribution in [0.15, 0.2) is 49.6 Å². The summed E-state index contributed by atoms with van der Waals surface area (Å²) in [6, 6.07) is 6.40. The van der Waals surface area contributed by atoms with E-state index < -0.39 is 43.2 Å². The second-order valence-electron chi connectivity index (χ2n) is 20.9. The molecule has 0 saturated carbocycles. The third-order valence-electron chi connectivity index (χ3n) is 15.0. The molecule has 6 aliphatic rings. The number of aliphatic carboxylic acids is 1. The Morgan fingerprint density at radius 3 is 1.44 bits per heavy atom. The molecule has 19 heteroatoms. The zero-order valence-corrected chi connectivity index (χ0v) is 46.1. The van der Waals surface area contributed by atoms with E-state index in [-0.39, 0.29) is 49.3 Å². The molecule has 0 bridgehead atoms. The van der Waals surface area contributed by atoms with Gasteiger partial charge >= 0.3 is 18.2 Å². The Morgan fingerprint density at radius 2 is 1.04 bits per heavy atom. The number of aryl methyl sites for hydroxylation is 2. The van der Waals surface area contributed by atoms with Crippen molar-refractivity contribution in [3.05, 3.63) is 71.8 Å². The van der Waals surface area contributed by atoms with Gasteiger partial charge in [-0.05, 0) is 160 Å². The minimum absolute atomic E-state index is 0.0191. The Hall–Kier alpha value is -6.02. The lowest BCUT2D eigenvalue weighted by molar-refractivity contribution is -0.199. The molecule has 19 nitrogen and oxygen atoms in total. The summed E-state index contributed by atoms with van der Waals surface area (Å²) >= 11 is 0. The number of Topliss-reactive ketones (excluding diaryl/α,β-unsaturated/α-hetero) is 1. The molecule has 4 fully saturated rings.